The summed E-state index contributed by atoms with van der Waals surface area (Å²) in [6, 6.07) is 16.4. The van der Waals surface area contributed by atoms with Crippen molar-refractivity contribution in [1.82, 2.24) is 24.9 Å². The standard InChI is InChI=1S/C22H16FN5OS2/c1-14-6-8-16(9-7-14)28-21(17-4-2-3-5-18(17)23)25-26-22(28)31-13-19-24-20(27-29-19)15-10-11-30-12-15/h2-12H,13H2,1H3. The number of halogens is 1. The van der Waals surface area contributed by atoms with Gasteiger partial charge in [0.05, 0.1) is 11.3 Å². The minimum absolute atomic E-state index is 0.350. The van der Waals surface area contributed by atoms with Crippen LogP contribution in [-0.2, 0) is 5.75 Å². The van der Waals surface area contributed by atoms with Gasteiger partial charge in [0.2, 0.25) is 11.7 Å². The van der Waals surface area contributed by atoms with Crippen LogP contribution in [0.5, 0.6) is 0 Å². The Morgan fingerprint density at radius 1 is 1.06 bits per heavy atom. The first-order chi connectivity index (χ1) is 15.2. The summed E-state index contributed by atoms with van der Waals surface area (Å²) < 4.78 is 21.7. The Morgan fingerprint density at radius 2 is 1.90 bits per heavy atom. The molecular formula is C22H16FN5OS2. The zero-order valence-electron chi connectivity index (χ0n) is 16.4. The molecule has 0 amide bonds. The maximum atomic E-state index is 14.5. The zero-order valence-corrected chi connectivity index (χ0v) is 18.0. The van der Waals surface area contributed by atoms with Crippen LogP contribution in [0.4, 0.5) is 4.39 Å². The molecule has 31 heavy (non-hydrogen) atoms. The molecule has 0 radical (unpaired) electrons. The lowest BCUT2D eigenvalue weighted by molar-refractivity contribution is 0.391. The molecule has 5 aromatic rings. The number of aryl methyl sites for hydroxylation is 1. The fourth-order valence-electron chi connectivity index (χ4n) is 3.06. The van der Waals surface area contributed by atoms with Gasteiger partial charge in [0.25, 0.3) is 0 Å². The molecule has 0 fully saturated rings. The van der Waals surface area contributed by atoms with Crippen molar-refractivity contribution in [2.45, 2.75) is 17.8 Å². The number of hydrogen-bond acceptors (Lipinski definition) is 7. The molecular weight excluding hydrogens is 433 g/mol. The van der Waals surface area contributed by atoms with E-state index in [9.17, 15) is 4.39 Å². The van der Waals surface area contributed by atoms with E-state index in [-0.39, 0.29) is 5.82 Å². The summed E-state index contributed by atoms with van der Waals surface area (Å²) in [6.45, 7) is 2.02. The van der Waals surface area contributed by atoms with E-state index in [1.165, 1.54) is 17.8 Å². The summed E-state index contributed by atoms with van der Waals surface area (Å²) in [5, 5.41) is 17.2. The van der Waals surface area contributed by atoms with Crippen LogP contribution < -0.4 is 0 Å². The van der Waals surface area contributed by atoms with Crippen molar-refractivity contribution in [3.8, 4) is 28.5 Å². The lowest BCUT2D eigenvalue weighted by atomic mass is 10.2. The second-order valence-corrected chi connectivity index (χ2v) is 8.49. The average molecular weight is 450 g/mol. The minimum Gasteiger partial charge on any atom is -0.338 e. The maximum absolute atomic E-state index is 14.5. The van der Waals surface area contributed by atoms with Gasteiger partial charge in [-0.1, -0.05) is 46.7 Å². The summed E-state index contributed by atoms with van der Waals surface area (Å²) in [7, 11) is 0. The fourth-order valence-corrected chi connectivity index (χ4v) is 4.48. The van der Waals surface area contributed by atoms with Gasteiger partial charge >= 0.3 is 0 Å². The Morgan fingerprint density at radius 3 is 2.68 bits per heavy atom. The molecule has 154 valence electrons. The lowest BCUT2D eigenvalue weighted by Gasteiger charge is -2.10. The summed E-state index contributed by atoms with van der Waals surface area (Å²) in [5.41, 5.74) is 3.29. The van der Waals surface area contributed by atoms with E-state index in [2.05, 4.69) is 20.3 Å². The van der Waals surface area contributed by atoms with Crippen molar-refractivity contribution in [2.75, 3.05) is 0 Å². The van der Waals surface area contributed by atoms with Gasteiger partial charge in [-0.25, -0.2) is 4.39 Å². The van der Waals surface area contributed by atoms with Crippen LogP contribution in [0.15, 0.2) is 75.0 Å². The van der Waals surface area contributed by atoms with E-state index < -0.39 is 0 Å². The summed E-state index contributed by atoms with van der Waals surface area (Å²) >= 11 is 2.98. The molecule has 9 heteroatoms. The molecule has 2 aromatic carbocycles. The molecule has 0 aliphatic rings. The van der Waals surface area contributed by atoms with E-state index >= 15 is 0 Å². The number of thiophene rings is 1. The van der Waals surface area contributed by atoms with Gasteiger partial charge in [-0.3, -0.25) is 4.57 Å². The van der Waals surface area contributed by atoms with Gasteiger partial charge in [-0.2, -0.15) is 16.3 Å². The largest absolute Gasteiger partial charge is 0.338 e. The monoisotopic (exact) mass is 449 g/mol. The van der Waals surface area contributed by atoms with E-state index in [1.807, 2.05) is 52.6 Å². The summed E-state index contributed by atoms with van der Waals surface area (Å²) in [6.07, 6.45) is 0. The Balaban J connectivity index is 1.48. The number of aromatic nitrogens is 5. The van der Waals surface area contributed by atoms with Crippen LogP contribution >= 0.6 is 23.1 Å². The molecule has 0 saturated carbocycles. The Hall–Kier alpha value is -3.30. The highest BCUT2D eigenvalue weighted by Gasteiger charge is 2.19. The van der Waals surface area contributed by atoms with Crippen LogP contribution in [-0.4, -0.2) is 24.9 Å². The van der Waals surface area contributed by atoms with Gasteiger partial charge in [-0.15, -0.1) is 10.2 Å². The molecule has 3 aromatic heterocycles. The highest BCUT2D eigenvalue weighted by Crippen LogP contribution is 2.31. The molecule has 0 unspecified atom stereocenters. The van der Waals surface area contributed by atoms with Crippen LogP contribution in [0.25, 0.3) is 28.5 Å². The predicted molar refractivity (Wildman–Crippen MR) is 119 cm³/mol. The first-order valence-electron chi connectivity index (χ1n) is 9.44. The van der Waals surface area contributed by atoms with Crippen molar-refractivity contribution >= 4 is 23.1 Å². The van der Waals surface area contributed by atoms with Gasteiger partial charge < -0.3 is 4.52 Å². The van der Waals surface area contributed by atoms with Crippen LogP contribution in [0.3, 0.4) is 0 Å². The molecule has 0 aliphatic heterocycles. The van der Waals surface area contributed by atoms with Gasteiger partial charge in [0.15, 0.2) is 11.0 Å². The summed E-state index contributed by atoms with van der Waals surface area (Å²) in [5.74, 6) is 1.55. The smallest absolute Gasteiger partial charge is 0.237 e. The van der Waals surface area contributed by atoms with Crippen LogP contribution in [0.1, 0.15) is 11.5 Å². The third-order valence-electron chi connectivity index (χ3n) is 4.61. The molecule has 0 aliphatic carbocycles. The second kappa shape index (κ2) is 8.44. The SMILES string of the molecule is Cc1ccc(-n2c(SCc3nc(-c4ccsc4)no3)nnc2-c2ccccc2F)cc1. The average Bonchev–Trinajstić information content (AvgIpc) is 3.53. The quantitative estimate of drug-likeness (QED) is 0.306. The lowest BCUT2D eigenvalue weighted by Crippen LogP contribution is -2.01. The van der Waals surface area contributed by atoms with Crippen LogP contribution in [0, 0.1) is 12.7 Å². The normalized spacial score (nSPS) is 11.2. The van der Waals surface area contributed by atoms with Gasteiger partial charge in [0.1, 0.15) is 5.82 Å². The molecule has 0 spiro atoms. The van der Waals surface area contributed by atoms with Gasteiger partial charge in [-0.05, 0) is 42.6 Å². The minimum atomic E-state index is -0.350. The van der Waals surface area contributed by atoms with E-state index in [0.717, 1.165) is 16.8 Å². The second-order valence-electron chi connectivity index (χ2n) is 6.77. The molecule has 3 heterocycles. The molecule has 6 nitrogen and oxygen atoms in total. The van der Waals surface area contributed by atoms with E-state index in [1.54, 1.807) is 29.5 Å². The number of rotatable bonds is 6. The molecule has 0 saturated heterocycles. The third kappa shape index (κ3) is 4.01. The highest BCUT2D eigenvalue weighted by molar-refractivity contribution is 7.98. The van der Waals surface area contributed by atoms with Gasteiger partial charge in [0, 0.05) is 16.6 Å². The summed E-state index contributed by atoms with van der Waals surface area (Å²) in [4.78, 5) is 4.45. The Kier molecular flexibility index (Phi) is 5.35. The first-order valence-corrected chi connectivity index (χ1v) is 11.4. The fraction of sp³-hybridized carbons (Fsp3) is 0.0909. The maximum Gasteiger partial charge on any atom is 0.237 e. The Bertz CT molecular complexity index is 1310. The topological polar surface area (TPSA) is 69.6 Å². The van der Waals surface area contributed by atoms with Crippen LogP contribution in [0.2, 0.25) is 0 Å². The number of nitrogens with zero attached hydrogens (tertiary/aromatic N) is 5. The third-order valence-corrected chi connectivity index (χ3v) is 6.21. The van der Waals surface area contributed by atoms with E-state index in [4.69, 9.17) is 4.52 Å². The molecule has 0 N–H and O–H groups in total. The number of hydrogen-bond donors (Lipinski definition) is 0. The molecule has 0 bridgehead atoms. The zero-order chi connectivity index (χ0) is 21.2. The van der Waals surface area contributed by atoms with Crippen molar-refractivity contribution in [2.24, 2.45) is 0 Å². The van der Waals surface area contributed by atoms with Crippen molar-refractivity contribution in [1.29, 1.82) is 0 Å². The predicted octanol–water partition coefficient (Wildman–Crippen LogP) is 5.79. The highest BCUT2D eigenvalue weighted by atomic mass is 32.2. The number of thioether (sulfide) groups is 1. The van der Waals surface area contributed by atoms with Crippen molar-refractivity contribution in [3.05, 3.63) is 82.6 Å². The first kappa shape index (κ1) is 19.7. The molecule has 0 atom stereocenters. The number of benzene rings is 2. The van der Waals surface area contributed by atoms with E-state index in [0.29, 0.717) is 34.0 Å². The van der Waals surface area contributed by atoms with Crippen molar-refractivity contribution < 1.29 is 8.91 Å². The van der Waals surface area contributed by atoms with Crippen molar-refractivity contribution in [3.63, 3.8) is 0 Å². The molecule has 5 rings (SSSR count). The Labute approximate surface area is 185 Å².